The number of ether oxygens (including phenoxy) is 13. The molecular formula is C63H103N5O31. The van der Waals surface area contributed by atoms with Crippen LogP contribution in [-0.2, 0) is 76.0 Å². The van der Waals surface area contributed by atoms with Gasteiger partial charge in [-0.25, -0.2) is 0 Å². The third kappa shape index (κ3) is 21.1. The summed E-state index contributed by atoms with van der Waals surface area (Å²) in [4.78, 5) is 65.1. The van der Waals surface area contributed by atoms with Crippen LogP contribution in [0.5, 0.6) is 5.75 Å². The summed E-state index contributed by atoms with van der Waals surface area (Å²) in [5.74, 6) is -3.63. The molecule has 1 aromatic rings. The van der Waals surface area contributed by atoms with Crippen molar-refractivity contribution in [2.45, 2.75) is 283 Å². The van der Waals surface area contributed by atoms with Crippen LogP contribution in [0.25, 0.3) is 0 Å². The molecule has 6 saturated heterocycles. The minimum absolute atomic E-state index is 0.0622. The van der Waals surface area contributed by atoms with Crippen molar-refractivity contribution < 1.29 is 152 Å². The number of carbonyl (C=O) groups is 5. The van der Waals surface area contributed by atoms with E-state index < -0.39 is 246 Å². The molecule has 5 amide bonds. The first kappa shape index (κ1) is 81.7. The molecular weight excluding hydrogens is 1320 g/mol. The van der Waals surface area contributed by atoms with Gasteiger partial charge < -0.3 is 155 Å². The predicted molar refractivity (Wildman–Crippen MR) is 333 cm³/mol. The van der Waals surface area contributed by atoms with Gasteiger partial charge in [0.25, 0.3) is 5.91 Å². The second-order valence-corrected chi connectivity index (χ2v) is 25.6. The van der Waals surface area contributed by atoms with Gasteiger partial charge >= 0.3 is 0 Å². The fraction of sp³-hybridized carbons (Fsp3) is 0.825. The molecule has 6 fully saturated rings. The molecule has 6 aliphatic heterocycles. The number of unbranched alkanes of at least 4 members (excludes halogenated alkanes) is 8. The van der Waals surface area contributed by atoms with Crippen molar-refractivity contribution in [3.05, 3.63) is 29.8 Å². The smallest absolute Gasteiger partial charge is 0.251 e. The number of methoxy groups -OCH3 is 1. The summed E-state index contributed by atoms with van der Waals surface area (Å²) in [5.41, 5.74) is 0.0622. The molecule has 0 bridgehead atoms. The fourth-order valence-electron chi connectivity index (χ4n) is 13.0. The Kier molecular flexibility index (Phi) is 32.0. The van der Waals surface area contributed by atoms with Crippen molar-refractivity contribution in [3.63, 3.8) is 0 Å². The van der Waals surface area contributed by atoms with E-state index in [1.54, 1.807) is 12.1 Å². The number of hydrogen-bond donors (Lipinski definition) is 18. The van der Waals surface area contributed by atoms with Crippen LogP contribution in [0.1, 0.15) is 110 Å². The van der Waals surface area contributed by atoms with Crippen LogP contribution in [0.15, 0.2) is 24.3 Å². The Morgan fingerprint density at radius 2 is 0.838 bits per heavy atom. The Morgan fingerprint density at radius 3 is 1.27 bits per heavy atom. The number of carbonyl (C=O) groups excluding carboxylic acids is 5. The first-order valence-electron chi connectivity index (χ1n) is 33.6. The standard InChI is InChI=1S/C63H103N5O31/c1-8-9-10-11-12-13-14-15-16-20-88-33-19-17-18-32(21-33)57(85)68-40-46(79)45(78)34(22-69)92-59(40)96-52-35(23-70)93-60(41(48(52)81)65-29(4)74)97-53-36(24-71)94-61(42(49(53)82)66-30(5)75)98-54-37(25-72)95-62(43(50(54)83)67-31(6)76)99-55-38(91-58(86)39(47(55)80)64-28(3)73)26-89-63-56(87-7)51(84)44(77)27(2)90-63/h17-19,21,27,34-56,58-63,69-72,77-84,86H,8-16,20,22-26H2,1-7H3,(H,64,73)(H,65,74)(H,66,75)(H,67,76)(H,68,85)/t27?,34?,35-,36?,37-,38?,39-,40-,41?,42-,43?,44+,45+,46+,47+,48?,49+,50?,51?,52+,53?,54+,55?,56+,58?,59?,60?,61-,62?,63+/m0/s1. The molecule has 0 aromatic heterocycles. The number of amides is 5. The van der Waals surface area contributed by atoms with Gasteiger partial charge in [-0.05, 0) is 31.5 Å². The number of hydrogen-bond acceptors (Lipinski definition) is 31. The molecule has 99 heavy (non-hydrogen) atoms. The van der Waals surface area contributed by atoms with Crippen molar-refractivity contribution in [2.24, 2.45) is 0 Å². The van der Waals surface area contributed by atoms with Crippen molar-refractivity contribution in [1.82, 2.24) is 26.6 Å². The lowest BCUT2D eigenvalue weighted by Crippen LogP contribution is -2.72. The Labute approximate surface area is 572 Å². The number of benzene rings is 1. The minimum atomic E-state index is -2.06. The molecule has 30 atom stereocenters. The van der Waals surface area contributed by atoms with Gasteiger partial charge in [0, 0.05) is 40.4 Å². The lowest BCUT2D eigenvalue weighted by atomic mass is 9.93. The summed E-state index contributed by atoms with van der Waals surface area (Å²) in [6, 6.07) is -2.38. The van der Waals surface area contributed by atoms with Crippen LogP contribution >= 0.6 is 0 Å². The molecule has 36 heteroatoms. The van der Waals surface area contributed by atoms with Crippen molar-refractivity contribution in [3.8, 4) is 5.75 Å². The van der Waals surface area contributed by atoms with Crippen LogP contribution in [0.2, 0.25) is 0 Å². The van der Waals surface area contributed by atoms with Gasteiger partial charge in [0.05, 0.1) is 45.7 Å². The Bertz CT molecular complexity index is 2680. The van der Waals surface area contributed by atoms with E-state index in [2.05, 4.69) is 33.5 Å². The Morgan fingerprint density at radius 1 is 0.434 bits per heavy atom. The van der Waals surface area contributed by atoms with Crippen molar-refractivity contribution >= 4 is 29.5 Å². The van der Waals surface area contributed by atoms with Crippen LogP contribution in [-0.4, -0.2) is 327 Å². The Hall–Kier alpha value is -4.63. The summed E-state index contributed by atoms with van der Waals surface area (Å²) in [7, 11) is 1.21. The van der Waals surface area contributed by atoms with E-state index in [0.717, 1.165) is 53.4 Å². The average molecular weight is 1430 g/mol. The van der Waals surface area contributed by atoms with Gasteiger partial charge in [-0.15, -0.1) is 0 Å². The molecule has 7 rings (SSSR count). The number of nitrogens with one attached hydrogen (secondary N) is 5. The SMILES string of the molecule is CCCCCCCCCCCOc1cccc(C(=O)N[C@@H]2C(O[C@H]3C(O)C(NC(C)=O)C(OC4C(CO)O[C@@H](O[C@H]5C(O)C(NC(C)=O)C(OC6C(CO[C@@H]7OC(C)[C@@H](O)C(O)[C@H]7OC)OC(O)[C@@H](NC(C)=O)[C@H]6O)O[C@H]5CO)[C@@H](NC(C)=O)[C@H]4O)O[C@H]3CO)OC(CO)[C@@H](O)[C@@H]2O)c1. The molecule has 6 aliphatic rings. The largest absolute Gasteiger partial charge is 0.494 e. The molecule has 6 heterocycles. The highest BCUT2D eigenvalue weighted by molar-refractivity contribution is 5.94. The molecule has 0 saturated carbocycles. The van der Waals surface area contributed by atoms with Gasteiger partial charge in [-0.1, -0.05) is 64.4 Å². The van der Waals surface area contributed by atoms with Crippen LogP contribution in [0, 0.1) is 0 Å². The molecule has 36 nitrogen and oxygen atoms in total. The van der Waals surface area contributed by atoms with E-state index in [9.17, 15) is 90.4 Å². The highest BCUT2D eigenvalue weighted by atomic mass is 16.8. The van der Waals surface area contributed by atoms with Crippen molar-refractivity contribution in [1.29, 1.82) is 0 Å². The summed E-state index contributed by atoms with van der Waals surface area (Å²) in [6.07, 6.45) is -33.4. The second kappa shape index (κ2) is 38.8. The van der Waals surface area contributed by atoms with Gasteiger partial charge in [0.2, 0.25) is 23.6 Å². The van der Waals surface area contributed by atoms with E-state index in [4.69, 9.17) is 61.6 Å². The molecule has 15 unspecified atom stereocenters. The molecule has 1 aromatic carbocycles. The first-order chi connectivity index (χ1) is 47.2. The van der Waals surface area contributed by atoms with E-state index >= 15 is 0 Å². The zero-order valence-electron chi connectivity index (χ0n) is 56.4. The predicted octanol–water partition coefficient (Wildman–Crippen LogP) is -6.50. The molecule has 0 aliphatic carbocycles. The zero-order chi connectivity index (χ0) is 72.5. The van der Waals surface area contributed by atoms with Gasteiger partial charge in [-0.3, -0.25) is 24.0 Å². The summed E-state index contributed by atoms with van der Waals surface area (Å²) in [6.45, 7) is 3.61. The van der Waals surface area contributed by atoms with Crippen LogP contribution < -0.4 is 31.3 Å². The fourth-order valence-corrected chi connectivity index (χ4v) is 13.0. The van der Waals surface area contributed by atoms with Crippen molar-refractivity contribution in [2.75, 3.05) is 46.8 Å². The third-order valence-corrected chi connectivity index (χ3v) is 18.2. The highest BCUT2D eigenvalue weighted by Gasteiger charge is 2.58. The van der Waals surface area contributed by atoms with Gasteiger partial charge in [0.1, 0.15) is 146 Å². The molecule has 0 spiro atoms. The maximum absolute atomic E-state index is 14.0. The molecule has 566 valence electrons. The topological polar surface area (TPSA) is 528 Å². The second-order valence-electron chi connectivity index (χ2n) is 25.6. The molecule has 18 N–H and O–H groups in total. The van der Waals surface area contributed by atoms with Crippen LogP contribution in [0.3, 0.4) is 0 Å². The number of aliphatic hydroxyl groups is 13. The lowest BCUT2D eigenvalue weighted by Gasteiger charge is -2.51. The quantitative estimate of drug-likeness (QED) is 0.0291. The minimum Gasteiger partial charge on any atom is -0.494 e. The first-order valence-corrected chi connectivity index (χ1v) is 33.6. The average Bonchev–Trinajstić information content (AvgIpc) is 0.771. The molecule has 0 radical (unpaired) electrons. The summed E-state index contributed by atoms with van der Waals surface area (Å²) >= 11 is 0. The van der Waals surface area contributed by atoms with E-state index in [0.29, 0.717) is 12.4 Å². The third-order valence-electron chi connectivity index (χ3n) is 18.2. The number of aliphatic hydroxyl groups excluding tert-OH is 13. The maximum Gasteiger partial charge on any atom is 0.251 e. The van der Waals surface area contributed by atoms with Crippen LogP contribution in [0.4, 0.5) is 0 Å². The van der Waals surface area contributed by atoms with Gasteiger partial charge in [0.15, 0.2) is 37.7 Å². The van der Waals surface area contributed by atoms with E-state index in [-0.39, 0.29) is 5.56 Å². The maximum atomic E-state index is 14.0. The van der Waals surface area contributed by atoms with E-state index in [1.807, 2.05) is 0 Å². The monoisotopic (exact) mass is 1430 g/mol. The van der Waals surface area contributed by atoms with Gasteiger partial charge in [-0.2, -0.15) is 0 Å². The highest BCUT2D eigenvalue weighted by Crippen LogP contribution is 2.37. The zero-order valence-corrected chi connectivity index (χ0v) is 56.4. The summed E-state index contributed by atoms with van der Waals surface area (Å²) in [5, 5.41) is 159. The Balaban J connectivity index is 1.07. The number of rotatable bonds is 33. The van der Waals surface area contributed by atoms with E-state index in [1.165, 1.54) is 58.3 Å². The summed E-state index contributed by atoms with van der Waals surface area (Å²) < 4.78 is 78.0. The lowest BCUT2D eigenvalue weighted by molar-refractivity contribution is -0.368. The normalized spacial score (nSPS) is 39.5.